The fourth-order valence-corrected chi connectivity index (χ4v) is 4.07. The molecule has 0 spiro atoms. The number of hydrogen-bond acceptors (Lipinski definition) is 5. The summed E-state index contributed by atoms with van der Waals surface area (Å²) in [5, 5.41) is 12.2. The zero-order valence-corrected chi connectivity index (χ0v) is 17.9. The van der Waals surface area contributed by atoms with Crippen molar-refractivity contribution in [3.05, 3.63) is 97.1 Å². The second kappa shape index (κ2) is 8.87. The van der Waals surface area contributed by atoms with Crippen LogP contribution in [0.4, 0.5) is 14.7 Å². The summed E-state index contributed by atoms with van der Waals surface area (Å²) in [6.45, 7) is -2.62. The van der Waals surface area contributed by atoms with Gasteiger partial charge in [-0.2, -0.15) is 8.78 Å². The lowest BCUT2D eigenvalue weighted by molar-refractivity contribution is -0.396. The molecule has 0 aliphatic heterocycles. The van der Waals surface area contributed by atoms with Gasteiger partial charge in [-0.25, -0.2) is 4.57 Å². The average molecular weight is 505 g/mol. The largest absolute Gasteiger partial charge is 0.435 e. The van der Waals surface area contributed by atoms with E-state index in [0.29, 0.717) is 26.4 Å². The van der Waals surface area contributed by atoms with Gasteiger partial charge in [0.25, 0.3) is 5.56 Å². The maximum atomic E-state index is 13.1. The van der Waals surface area contributed by atoms with Crippen LogP contribution in [0.25, 0.3) is 10.8 Å². The van der Waals surface area contributed by atoms with Gasteiger partial charge in [-0.3, -0.25) is 4.79 Å². The van der Waals surface area contributed by atoms with Crippen LogP contribution in [0.5, 0.6) is 5.75 Å². The third kappa shape index (κ3) is 4.52. The van der Waals surface area contributed by atoms with E-state index >= 15 is 0 Å². The number of nitrogens with zero attached hydrogens (tertiary/aromatic N) is 4. The molecule has 11 heteroatoms. The Kier molecular flexibility index (Phi) is 5.99. The molecule has 4 rings (SSSR count). The molecule has 0 aliphatic rings. The topological polar surface area (TPSA) is 92.2 Å². The van der Waals surface area contributed by atoms with Crippen molar-refractivity contribution in [3.63, 3.8) is 0 Å². The lowest BCUT2D eigenvalue weighted by Crippen LogP contribution is -2.20. The Labute approximate surface area is 188 Å². The molecule has 0 aliphatic carbocycles. The van der Waals surface area contributed by atoms with Crippen LogP contribution in [-0.2, 0) is 13.1 Å². The van der Waals surface area contributed by atoms with Gasteiger partial charge >= 0.3 is 12.6 Å². The summed E-state index contributed by atoms with van der Waals surface area (Å²) >= 11 is 3.46. The molecular formula is C21H15BrF2N4O4. The molecule has 164 valence electrons. The van der Waals surface area contributed by atoms with E-state index in [1.54, 1.807) is 36.5 Å². The van der Waals surface area contributed by atoms with Gasteiger partial charge in [0.2, 0.25) is 0 Å². The predicted molar refractivity (Wildman–Crippen MR) is 116 cm³/mol. The zero-order valence-electron chi connectivity index (χ0n) is 16.3. The second-order valence-corrected chi connectivity index (χ2v) is 7.78. The first-order valence-corrected chi connectivity index (χ1v) is 10.1. The molecule has 0 saturated heterocycles. The van der Waals surface area contributed by atoms with Crippen LogP contribution in [-0.4, -0.2) is 25.7 Å². The van der Waals surface area contributed by atoms with Gasteiger partial charge in [-0.1, -0.05) is 33.0 Å². The van der Waals surface area contributed by atoms with E-state index in [9.17, 15) is 23.7 Å². The second-order valence-electron chi connectivity index (χ2n) is 6.93. The van der Waals surface area contributed by atoms with Crippen molar-refractivity contribution >= 4 is 32.7 Å². The number of pyridine rings is 1. The molecule has 0 unspecified atom stereocenters. The highest BCUT2D eigenvalue weighted by Gasteiger charge is 2.16. The van der Waals surface area contributed by atoms with Crippen LogP contribution >= 0.6 is 15.9 Å². The molecular weight excluding hydrogens is 490 g/mol. The predicted octanol–water partition coefficient (Wildman–Crippen LogP) is 4.57. The van der Waals surface area contributed by atoms with Crippen molar-refractivity contribution < 1.29 is 18.4 Å². The van der Waals surface area contributed by atoms with E-state index in [0.717, 1.165) is 0 Å². The molecule has 8 nitrogen and oxygen atoms in total. The highest BCUT2D eigenvalue weighted by molar-refractivity contribution is 9.10. The third-order valence-electron chi connectivity index (χ3n) is 4.79. The Bertz CT molecular complexity index is 1370. The van der Waals surface area contributed by atoms with Crippen molar-refractivity contribution in [2.45, 2.75) is 19.7 Å². The smallest absolute Gasteiger partial charge is 0.434 e. The monoisotopic (exact) mass is 504 g/mol. The van der Waals surface area contributed by atoms with Gasteiger partial charge in [-0.15, -0.1) is 0 Å². The van der Waals surface area contributed by atoms with Gasteiger partial charge in [0.05, 0.1) is 13.1 Å². The molecule has 0 bridgehead atoms. The lowest BCUT2D eigenvalue weighted by Gasteiger charge is -2.11. The number of ether oxygens (including phenoxy) is 1. The van der Waals surface area contributed by atoms with Gasteiger partial charge in [0, 0.05) is 21.4 Å². The first kappa shape index (κ1) is 21.6. The number of nitro groups is 1. The first-order chi connectivity index (χ1) is 15.3. The van der Waals surface area contributed by atoms with Crippen LogP contribution in [0.15, 0.2) is 70.3 Å². The van der Waals surface area contributed by atoms with E-state index < -0.39 is 11.5 Å². The van der Waals surface area contributed by atoms with Crippen molar-refractivity contribution in [1.82, 2.24) is 14.1 Å². The summed E-state index contributed by atoms with van der Waals surface area (Å²) in [6, 6.07) is 11.4. The van der Waals surface area contributed by atoms with Gasteiger partial charge in [-0.05, 0) is 46.4 Å². The van der Waals surface area contributed by atoms with Gasteiger partial charge in [0.15, 0.2) is 0 Å². The van der Waals surface area contributed by atoms with Gasteiger partial charge in [0.1, 0.15) is 18.1 Å². The maximum Gasteiger partial charge on any atom is 0.434 e. The average Bonchev–Trinajstić information content (AvgIpc) is 3.19. The molecule has 32 heavy (non-hydrogen) atoms. The van der Waals surface area contributed by atoms with Crippen LogP contribution in [0.2, 0.25) is 0 Å². The molecule has 4 aromatic rings. The number of hydrogen-bond donors (Lipinski definition) is 0. The van der Waals surface area contributed by atoms with Crippen LogP contribution in [0, 0.1) is 10.1 Å². The van der Waals surface area contributed by atoms with E-state index in [-0.39, 0.29) is 30.3 Å². The number of fused-ring (bicyclic) bond motifs is 1. The zero-order chi connectivity index (χ0) is 22.8. The third-order valence-corrected chi connectivity index (χ3v) is 5.44. The number of alkyl halides is 2. The van der Waals surface area contributed by atoms with Crippen molar-refractivity contribution in [1.29, 1.82) is 0 Å². The molecule has 0 fully saturated rings. The fraction of sp³-hybridized carbons (Fsp3) is 0.143. The van der Waals surface area contributed by atoms with Crippen LogP contribution in [0.1, 0.15) is 11.1 Å². The summed E-state index contributed by atoms with van der Waals surface area (Å²) in [5.41, 5.74) is 1.01. The maximum absolute atomic E-state index is 13.1. The molecule has 2 heterocycles. The fourth-order valence-electron chi connectivity index (χ4n) is 3.43. The molecule has 2 aromatic heterocycles. The number of halogens is 3. The lowest BCUT2D eigenvalue weighted by atomic mass is 10.1. The molecule has 0 N–H and O–H groups in total. The molecule has 0 saturated carbocycles. The number of benzene rings is 2. The van der Waals surface area contributed by atoms with Crippen molar-refractivity contribution in [2.24, 2.45) is 0 Å². The Balaban J connectivity index is 1.69. The van der Waals surface area contributed by atoms with E-state index in [1.807, 2.05) is 0 Å². The van der Waals surface area contributed by atoms with E-state index in [4.69, 9.17) is 0 Å². The Morgan fingerprint density at radius 2 is 1.84 bits per heavy atom. The molecule has 0 atom stereocenters. The van der Waals surface area contributed by atoms with E-state index in [1.165, 1.54) is 33.7 Å². The summed E-state index contributed by atoms with van der Waals surface area (Å²) in [5.74, 6) is -0.282. The normalized spacial score (nSPS) is 11.2. The summed E-state index contributed by atoms with van der Waals surface area (Å²) in [4.78, 5) is 27.4. The molecule has 0 radical (unpaired) electrons. The van der Waals surface area contributed by atoms with Crippen molar-refractivity contribution in [2.75, 3.05) is 0 Å². The van der Waals surface area contributed by atoms with Gasteiger partial charge < -0.3 is 19.4 Å². The SMILES string of the molecule is O=c1c2cc(Cn3ccnc3[N+](=O)[O-])cc(Br)c2ccn1Cc1cccc(OC(F)F)c1. The number of aromatic nitrogens is 3. The summed E-state index contributed by atoms with van der Waals surface area (Å²) in [6.07, 6.45) is 4.46. The van der Waals surface area contributed by atoms with Crippen LogP contribution in [0.3, 0.4) is 0 Å². The Morgan fingerprint density at radius 3 is 2.59 bits per heavy atom. The number of rotatable bonds is 7. The Morgan fingerprint density at radius 1 is 1.06 bits per heavy atom. The minimum Gasteiger partial charge on any atom is -0.435 e. The standard InChI is InChI=1S/C21H15BrF2N4O4/c22-18-10-14(12-27-7-5-25-21(27)28(30)31)9-17-16(18)4-6-26(19(17)29)11-13-2-1-3-15(8-13)32-20(23)24/h1-10,20H,11-12H2. The Hall–Kier alpha value is -3.60. The minimum absolute atomic E-state index is 0.0123. The highest BCUT2D eigenvalue weighted by Crippen LogP contribution is 2.25. The van der Waals surface area contributed by atoms with Crippen molar-refractivity contribution in [3.8, 4) is 5.75 Å². The minimum atomic E-state index is -2.93. The first-order valence-electron chi connectivity index (χ1n) is 9.32. The quantitative estimate of drug-likeness (QED) is 0.271. The van der Waals surface area contributed by atoms with E-state index in [2.05, 4.69) is 25.7 Å². The molecule has 2 aromatic carbocycles. The molecule has 0 amide bonds. The highest BCUT2D eigenvalue weighted by atomic mass is 79.9. The number of imidazole rings is 1. The summed E-state index contributed by atoms with van der Waals surface area (Å²) < 4.78 is 32.9. The summed E-state index contributed by atoms with van der Waals surface area (Å²) in [7, 11) is 0. The van der Waals surface area contributed by atoms with Crippen LogP contribution < -0.4 is 10.3 Å².